The van der Waals surface area contributed by atoms with E-state index >= 15 is 0 Å². The Morgan fingerprint density at radius 3 is 2.94 bits per heavy atom. The van der Waals surface area contributed by atoms with E-state index in [-0.39, 0.29) is 6.09 Å². The Labute approximate surface area is 205 Å². The van der Waals surface area contributed by atoms with Crippen LogP contribution in [0, 0.1) is 5.92 Å². The number of aromatic nitrogens is 3. The number of allylic oxidation sites excluding steroid dienone is 3. The molecule has 0 aromatic carbocycles. The van der Waals surface area contributed by atoms with Gasteiger partial charge in [0.2, 0.25) is 0 Å². The number of alkyl carbamates (subject to hydrolysis) is 1. The largest absolute Gasteiger partial charge is 0.444 e. The Morgan fingerprint density at radius 1 is 1.38 bits per heavy atom. The zero-order chi connectivity index (χ0) is 24.3. The molecule has 0 bridgehead atoms. The summed E-state index contributed by atoms with van der Waals surface area (Å²) < 4.78 is 7.70. The molecule has 1 aliphatic carbocycles. The van der Waals surface area contributed by atoms with Crippen LogP contribution in [0.15, 0.2) is 54.5 Å². The van der Waals surface area contributed by atoms with Crippen LogP contribution in [0.5, 0.6) is 0 Å². The molecule has 1 fully saturated rings. The van der Waals surface area contributed by atoms with Crippen LogP contribution in [0.2, 0.25) is 0 Å². The summed E-state index contributed by atoms with van der Waals surface area (Å²) in [6, 6.07) is 2.62. The average molecular weight is 479 g/mol. The van der Waals surface area contributed by atoms with Gasteiger partial charge in [0.05, 0.1) is 0 Å². The summed E-state index contributed by atoms with van der Waals surface area (Å²) in [6.45, 7) is 12.2. The van der Waals surface area contributed by atoms with Crippen molar-refractivity contribution in [2.24, 2.45) is 5.92 Å². The third-order valence-electron chi connectivity index (χ3n) is 6.30. The summed E-state index contributed by atoms with van der Waals surface area (Å²) in [6.07, 6.45) is 13.5. The standard InChI is InChI=1S/C27H34N4O2S/c1-6-18(7-2)10-20-12-24(34-16-20)23-15-31(25-22(23)14-28-17-30-25)21-9-8-19(11-21)13-29-26(32)33-27(3,4)5/h6-7,12,14-17,19,21H,1,8-11,13H2,2-5H3,(H,29,32)/b18-7+/t19-,21+/m1/s1. The van der Waals surface area contributed by atoms with Crippen molar-refractivity contribution in [2.45, 2.75) is 65.0 Å². The molecule has 4 rings (SSSR count). The maximum absolute atomic E-state index is 12.0. The molecule has 3 aromatic rings. The summed E-state index contributed by atoms with van der Waals surface area (Å²) in [5.41, 5.74) is 4.20. The predicted octanol–water partition coefficient (Wildman–Crippen LogP) is 6.70. The molecule has 180 valence electrons. The lowest BCUT2D eigenvalue weighted by Gasteiger charge is -2.20. The number of hydrogen-bond donors (Lipinski definition) is 1. The zero-order valence-corrected chi connectivity index (χ0v) is 21.3. The van der Waals surface area contributed by atoms with Gasteiger partial charge in [-0.05, 0) is 81.9 Å². The van der Waals surface area contributed by atoms with Gasteiger partial charge in [0.15, 0.2) is 0 Å². The summed E-state index contributed by atoms with van der Waals surface area (Å²) in [5, 5.41) is 6.25. The van der Waals surface area contributed by atoms with Crippen LogP contribution in [0.25, 0.3) is 21.5 Å². The van der Waals surface area contributed by atoms with Gasteiger partial charge in [0, 0.05) is 40.8 Å². The number of thiophene rings is 1. The van der Waals surface area contributed by atoms with Crippen molar-refractivity contribution in [3.8, 4) is 10.4 Å². The molecule has 2 atom stereocenters. The van der Waals surface area contributed by atoms with E-state index in [1.807, 2.05) is 40.0 Å². The van der Waals surface area contributed by atoms with E-state index in [0.717, 1.165) is 36.7 Å². The van der Waals surface area contributed by atoms with E-state index in [2.05, 4.69) is 50.2 Å². The van der Waals surface area contributed by atoms with Gasteiger partial charge in [0.25, 0.3) is 0 Å². The average Bonchev–Trinajstić information content (AvgIpc) is 3.53. The third-order valence-corrected chi connectivity index (χ3v) is 7.31. The Bertz CT molecular complexity index is 1200. The number of nitrogens with one attached hydrogen (secondary N) is 1. The fourth-order valence-electron chi connectivity index (χ4n) is 4.63. The molecular weight excluding hydrogens is 444 g/mol. The Kier molecular flexibility index (Phi) is 7.22. The van der Waals surface area contributed by atoms with Crippen LogP contribution in [-0.2, 0) is 11.2 Å². The van der Waals surface area contributed by atoms with E-state index in [1.54, 1.807) is 17.7 Å². The quantitative estimate of drug-likeness (QED) is 0.384. The molecule has 3 heterocycles. The molecule has 34 heavy (non-hydrogen) atoms. The SMILES string of the molecule is C=C/C(=C\C)Cc1csc(-c2cn([C@H]3CC[C@@H](CNC(=O)OC(C)(C)C)C3)c3ncncc23)c1. The van der Waals surface area contributed by atoms with E-state index in [4.69, 9.17) is 4.74 Å². The second kappa shape index (κ2) is 10.1. The second-order valence-corrected chi connectivity index (χ2v) is 10.9. The minimum Gasteiger partial charge on any atom is -0.444 e. The lowest BCUT2D eigenvalue weighted by Crippen LogP contribution is -2.34. The summed E-state index contributed by atoms with van der Waals surface area (Å²) in [5.74, 6) is 0.423. The van der Waals surface area contributed by atoms with Crippen molar-refractivity contribution in [2.75, 3.05) is 6.54 Å². The third kappa shape index (κ3) is 5.58. The monoisotopic (exact) mass is 478 g/mol. The minimum absolute atomic E-state index is 0.344. The molecule has 1 N–H and O–H groups in total. The lowest BCUT2D eigenvalue weighted by molar-refractivity contribution is 0.0519. The number of rotatable bonds is 7. The topological polar surface area (TPSA) is 69.0 Å². The van der Waals surface area contributed by atoms with E-state index < -0.39 is 5.60 Å². The van der Waals surface area contributed by atoms with Gasteiger partial charge in [-0.2, -0.15) is 0 Å². The lowest BCUT2D eigenvalue weighted by atomic mass is 10.1. The van der Waals surface area contributed by atoms with E-state index in [0.29, 0.717) is 18.5 Å². The van der Waals surface area contributed by atoms with Crippen LogP contribution in [0.1, 0.15) is 58.6 Å². The first kappa shape index (κ1) is 24.2. The molecule has 0 saturated heterocycles. The number of carbonyl (C=O) groups excluding carboxylic acids is 1. The minimum atomic E-state index is -0.482. The van der Waals surface area contributed by atoms with Crippen molar-refractivity contribution in [1.82, 2.24) is 19.9 Å². The van der Waals surface area contributed by atoms with Crippen LogP contribution in [0.4, 0.5) is 4.79 Å². The number of carbonyl (C=O) groups is 1. The molecule has 0 radical (unpaired) electrons. The highest BCUT2D eigenvalue weighted by molar-refractivity contribution is 7.13. The van der Waals surface area contributed by atoms with Gasteiger partial charge < -0.3 is 14.6 Å². The van der Waals surface area contributed by atoms with Crippen LogP contribution in [0.3, 0.4) is 0 Å². The molecule has 1 aliphatic rings. The second-order valence-electron chi connectivity index (χ2n) is 9.99. The molecule has 0 spiro atoms. The van der Waals surface area contributed by atoms with Gasteiger partial charge in [-0.15, -0.1) is 11.3 Å². The summed E-state index contributed by atoms with van der Waals surface area (Å²) in [4.78, 5) is 22.2. The maximum Gasteiger partial charge on any atom is 0.407 e. The van der Waals surface area contributed by atoms with Gasteiger partial charge in [-0.3, -0.25) is 0 Å². The predicted molar refractivity (Wildman–Crippen MR) is 139 cm³/mol. The Hall–Kier alpha value is -2.93. The Balaban J connectivity index is 1.50. The zero-order valence-electron chi connectivity index (χ0n) is 20.5. The van der Waals surface area contributed by atoms with Crippen LogP contribution in [-0.4, -0.2) is 32.8 Å². The number of amides is 1. The first-order chi connectivity index (χ1) is 16.3. The molecule has 0 unspecified atom stereocenters. The highest BCUT2D eigenvalue weighted by Gasteiger charge is 2.29. The number of fused-ring (bicyclic) bond motifs is 1. The van der Waals surface area contributed by atoms with Crippen molar-refractivity contribution >= 4 is 28.5 Å². The van der Waals surface area contributed by atoms with Crippen molar-refractivity contribution in [1.29, 1.82) is 0 Å². The van der Waals surface area contributed by atoms with Gasteiger partial charge in [-0.1, -0.05) is 18.7 Å². The molecule has 3 aromatic heterocycles. The Morgan fingerprint density at radius 2 is 2.21 bits per heavy atom. The van der Waals surface area contributed by atoms with Gasteiger partial charge >= 0.3 is 6.09 Å². The van der Waals surface area contributed by atoms with Crippen molar-refractivity contribution in [3.05, 3.63) is 60.0 Å². The van der Waals surface area contributed by atoms with Gasteiger partial charge in [0.1, 0.15) is 17.6 Å². The fraction of sp³-hybridized carbons (Fsp3) is 0.444. The number of ether oxygens (including phenoxy) is 1. The normalized spacial score (nSPS) is 18.9. The molecule has 1 amide bonds. The smallest absolute Gasteiger partial charge is 0.407 e. The maximum atomic E-state index is 12.0. The fourth-order valence-corrected chi connectivity index (χ4v) is 5.57. The molecule has 1 saturated carbocycles. The first-order valence-corrected chi connectivity index (χ1v) is 12.8. The highest BCUT2D eigenvalue weighted by atomic mass is 32.1. The van der Waals surface area contributed by atoms with Crippen molar-refractivity contribution in [3.63, 3.8) is 0 Å². The summed E-state index contributed by atoms with van der Waals surface area (Å²) >= 11 is 1.76. The number of nitrogens with zero attached hydrogens (tertiary/aromatic N) is 3. The van der Waals surface area contributed by atoms with Gasteiger partial charge in [-0.25, -0.2) is 14.8 Å². The molecule has 6 nitrogen and oxygen atoms in total. The first-order valence-electron chi connectivity index (χ1n) is 11.9. The molecule has 7 heteroatoms. The highest BCUT2D eigenvalue weighted by Crippen LogP contribution is 2.40. The molecule has 0 aliphatic heterocycles. The van der Waals surface area contributed by atoms with Crippen molar-refractivity contribution < 1.29 is 9.53 Å². The number of hydrogen-bond acceptors (Lipinski definition) is 5. The van der Waals surface area contributed by atoms with E-state index in [9.17, 15) is 4.79 Å². The summed E-state index contributed by atoms with van der Waals surface area (Å²) in [7, 11) is 0. The van der Waals surface area contributed by atoms with Crippen LogP contribution >= 0.6 is 11.3 Å². The van der Waals surface area contributed by atoms with E-state index in [1.165, 1.54) is 21.6 Å². The molecular formula is C27H34N4O2S. The van der Waals surface area contributed by atoms with Crippen LogP contribution < -0.4 is 5.32 Å².